The molecule has 0 saturated heterocycles. The molecule has 0 saturated carbocycles. The number of aromatic amines is 1. The van der Waals surface area contributed by atoms with Gasteiger partial charge in [0.1, 0.15) is 5.75 Å². The van der Waals surface area contributed by atoms with Crippen molar-refractivity contribution in [3.63, 3.8) is 0 Å². The van der Waals surface area contributed by atoms with Crippen LogP contribution >= 0.6 is 11.3 Å². The molecule has 4 N–H and O–H groups in total. The summed E-state index contributed by atoms with van der Waals surface area (Å²) in [4.78, 5) is 29.1. The summed E-state index contributed by atoms with van der Waals surface area (Å²) in [7, 11) is 0. The van der Waals surface area contributed by atoms with Crippen molar-refractivity contribution in [2.45, 2.75) is 6.42 Å². The lowest BCUT2D eigenvalue weighted by Gasteiger charge is -2.09. The fourth-order valence-electron chi connectivity index (χ4n) is 3.08. The summed E-state index contributed by atoms with van der Waals surface area (Å²) in [6.07, 6.45) is 0.0955. The van der Waals surface area contributed by atoms with E-state index in [2.05, 4.69) is 15.8 Å². The number of carbonyl (C=O) groups is 2. The average molecular weight is 391 g/mol. The van der Waals surface area contributed by atoms with Gasteiger partial charge in [0.2, 0.25) is 5.91 Å². The predicted molar refractivity (Wildman–Crippen MR) is 109 cm³/mol. The Kier molecular flexibility index (Phi) is 4.82. The van der Waals surface area contributed by atoms with Crippen LogP contribution in [0.3, 0.4) is 0 Å². The molecular formula is C21H17N3O3S. The smallest absolute Gasteiger partial charge is 0.273 e. The van der Waals surface area contributed by atoms with Crippen molar-refractivity contribution in [2.24, 2.45) is 0 Å². The van der Waals surface area contributed by atoms with E-state index in [0.29, 0.717) is 0 Å². The summed E-state index contributed by atoms with van der Waals surface area (Å²) in [5.74, 6) is -1.08. The summed E-state index contributed by atoms with van der Waals surface area (Å²) in [6.45, 7) is 0. The van der Waals surface area contributed by atoms with Gasteiger partial charge in [0.25, 0.3) is 5.91 Å². The molecule has 0 radical (unpaired) electrons. The maximum absolute atomic E-state index is 12.5. The summed E-state index contributed by atoms with van der Waals surface area (Å²) in [5.41, 5.74) is 7.58. The van der Waals surface area contributed by atoms with Gasteiger partial charge in [-0.1, -0.05) is 36.4 Å². The number of hydrazine groups is 1. The van der Waals surface area contributed by atoms with E-state index >= 15 is 0 Å². The molecule has 0 fully saturated rings. The Bertz CT molecular complexity index is 1150. The van der Waals surface area contributed by atoms with Gasteiger partial charge in [0.05, 0.1) is 22.6 Å². The van der Waals surface area contributed by atoms with Gasteiger partial charge in [0.15, 0.2) is 0 Å². The number of H-pyrrole nitrogens is 1. The molecule has 4 rings (SSSR count). The van der Waals surface area contributed by atoms with Gasteiger partial charge in [-0.15, -0.1) is 11.3 Å². The number of para-hydroxylation sites is 2. The number of phenolic OH excluding ortho intramolecular Hbond substituents is 1. The molecule has 2 amide bonds. The van der Waals surface area contributed by atoms with Crippen LogP contribution in [0.1, 0.15) is 15.9 Å². The molecular weight excluding hydrogens is 374 g/mol. The zero-order chi connectivity index (χ0) is 19.5. The van der Waals surface area contributed by atoms with E-state index in [4.69, 9.17) is 0 Å². The van der Waals surface area contributed by atoms with Crippen molar-refractivity contribution < 1.29 is 14.7 Å². The van der Waals surface area contributed by atoms with E-state index in [9.17, 15) is 14.7 Å². The lowest BCUT2D eigenvalue weighted by Crippen LogP contribution is -2.42. The van der Waals surface area contributed by atoms with Gasteiger partial charge in [-0.05, 0) is 35.2 Å². The molecule has 28 heavy (non-hydrogen) atoms. The molecule has 0 aliphatic rings. The third kappa shape index (κ3) is 3.47. The first-order chi connectivity index (χ1) is 13.6. The maximum Gasteiger partial charge on any atom is 0.273 e. The second kappa shape index (κ2) is 7.58. The highest BCUT2D eigenvalue weighted by Crippen LogP contribution is 2.33. The van der Waals surface area contributed by atoms with Gasteiger partial charge in [-0.25, -0.2) is 0 Å². The minimum atomic E-state index is -0.580. The standard InChI is InChI=1S/C21H17N3O3S/c25-17-9-4-2-7-14(17)21(27)24-23-19(26)12-15-13-6-1-3-8-16(13)22-20(15)18-10-5-11-28-18/h1-11,22,25H,12H2,(H,23,26)(H,24,27). The van der Waals surface area contributed by atoms with Gasteiger partial charge in [-0.2, -0.15) is 0 Å². The van der Waals surface area contributed by atoms with Gasteiger partial charge in [-0.3, -0.25) is 20.4 Å². The number of fused-ring (bicyclic) bond motifs is 1. The van der Waals surface area contributed by atoms with Crippen LogP contribution in [-0.4, -0.2) is 21.9 Å². The highest BCUT2D eigenvalue weighted by atomic mass is 32.1. The second-order valence-corrected chi connectivity index (χ2v) is 7.15. The van der Waals surface area contributed by atoms with E-state index in [1.165, 1.54) is 12.1 Å². The number of hydrogen-bond donors (Lipinski definition) is 4. The number of aromatic hydroxyl groups is 1. The van der Waals surface area contributed by atoms with Crippen LogP contribution in [0.5, 0.6) is 5.75 Å². The van der Waals surface area contributed by atoms with Crippen molar-refractivity contribution in [1.82, 2.24) is 15.8 Å². The Labute approximate surface area is 164 Å². The maximum atomic E-state index is 12.5. The van der Waals surface area contributed by atoms with E-state index < -0.39 is 5.91 Å². The molecule has 0 spiro atoms. The first kappa shape index (κ1) is 17.8. The van der Waals surface area contributed by atoms with E-state index in [-0.39, 0.29) is 23.6 Å². The molecule has 7 heteroatoms. The van der Waals surface area contributed by atoms with Gasteiger partial charge >= 0.3 is 0 Å². The summed E-state index contributed by atoms with van der Waals surface area (Å²) in [5, 5.41) is 12.7. The molecule has 0 aliphatic heterocycles. The Balaban J connectivity index is 1.53. The first-order valence-electron chi connectivity index (χ1n) is 8.64. The van der Waals surface area contributed by atoms with Crippen LogP contribution in [0.2, 0.25) is 0 Å². The van der Waals surface area contributed by atoms with Crippen LogP contribution in [0.15, 0.2) is 66.0 Å². The van der Waals surface area contributed by atoms with E-state index in [0.717, 1.165) is 27.0 Å². The molecule has 0 atom stereocenters. The van der Waals surface area contributed by atoms with Crippen LogP contribution < -0.4 is 10.9 Å². The van der Waals surface area contributed by atoms with Crippen LogP contribution in [0, 0.1) is 0 Å². The number of amides is 2. The van der Waals surface area contributed by atoms with Crippen LogP contribution in [-0.2, 0) is 11.2 Å². The molecule has 0 bridgehead atoms. The molecule has 2 heterocycles. The molecule has 2 aromatic heterocycles. The summed E-state index contributed by atoms with van der Waals surface area (Å²) < 4.78 is 0. The topological polar surface area (TPSA) is 94.2 Å². The third-order valence-electron chi connectivity index (χ3n) is 4.38. The number of benzene rings is 2. The molecule has 6 nitrogen and oxygen atoms in total. The summed E-state index contributed by atoms with van der Waals surface area (Å²) >= 11 is 1.59. The Hall–Kier alpha value is -3.58. The quantitative estimate of drug-likeness (QED) is 0.400. The number of aromatic nitrogens is 1. The Morgan fingerprint density at radius 3 is 2.54 bits per heavy atom. The zero-order valence-corrected chi connectivity index (χ0v) is 15.5. The highest BCUT2D eigenvalue weighted by molar-refractivity contribution is 7.13. The SMILES string of the molecule is O=C(Cc1c(-c2cccs2)[nH]c2ccccc12)NNC(=O)c1ccccc1O. The number of rotatable bonds is 4. The lowest BCUT2D eigenvalue weighted by atomic mass is 10.1. The minimum absolute atomic E-state index is 0.0918. The number of carbonyl (C=O) groups excluding carboxylic acids is 2. The van der Waals surface area contributed by atoms with Gasteiger partial charge in [0, 0.05) is 10.9 Å². The fourth-order valence-corrected chi connectivity index (χ4v) is 3.83. The second-order valence-electron chi connectivity index (χ2n) is 6.20. The number of phenols is 1. The van der Waals surface area contributed by atoms with Crippen molar-refractivity contribution in [2.75, 3.05) is 0 Å². The Morgan fingerprint density at radius 2 is 1.75 bits per heavy atom. The highest BCUT2D eigenvalue weighted by Gasteiger charge is 2.17. The van der Waals surface area contributed by atoms with Crippen molar-refractivity contribution in [3.05, 3.63) is 77.2 Å². The van der Waals surface area contributed by atoms with Crippen LogP contribution in [0.4, 0.5) is 0 Å². The molecule has 2 aromatic carbocycles. The predicted octanol–water partition coefficient (Wildman–Crippen LogP) is 3.61. The monoisotopic (exact) mass is 391 g/mol. The van der Waals surface area contributed by atoms with Crippen molar-refractivity contribution >= 4 is 34.1 Å². The molecule has 0 aliphatic carbocycles. The third-order valence-corrected chi connectivity index (χ3v) is 5.27. The fraction of sp³-hybridized carbons (Fsp3) is 0.0476. The number of thiophene rings is 1. The molecule has 140 valence electrons. The Morgan fingerprint density at radius 1 is 0.964 bits per heavy atom. The minimum Gasteiger partial charge on any atom is -0.507 e. The largest absolute Gasteiger partial charge is 0.507 e. The van der Waals surface area contributed by atoms with Gasteiger partial charge < -0.3 is 10.1 Å². The normalized spacial score (nSPS) is 10.7. The average Bonchev–Trinajstić information content (AvgIpc) is 3.35. The number of nitrogens with one attached hydrogen (secondary N) is 3. The molecule has 4 aromatic rings. The van der Waals surface area contributed by atoms with E-state index in [1.54, 1.807) is 23.5 Å². The lowest BCUT2D eigenvalue weighted by molar-refractivity contribution is -0.121. The zero-order valence-electron chi connectivity index (χ0n) is 14.7. The summed E-state index contributed by atoms with van der Waals surface area (Å²) in [6, 6.07) is 17.9. The number of hydrogen-bond acceptors (Lipinski definition) is 4. The van der Waals surface area contributed by atoms with Crippen LogP contribution in [0.25, 0.3) is 21.5 Å². The van der Waals surface area contributed by atoms with Crippen molar-refractivity contribution in [1.29, 1.82) is 0 Å². The van der Waals surface area contributed by atoms with E-state index in [1.807, 2.05) is 41.8 Å². The van der Waals surface area contributed by atoms with Crippen molar-refractivity contribution in [3.8, 4) is 16.3 Å². The molecule has 0 unspecified atom stereocenters. The first-order valence-corrected chi connectivity index (χ1v) is 9.52.